The van der Waals surface area contributed by atoms with E-state index in [2.05, 4.69) is 10.6 Å². The number of nitro groups is 1. The molecule has 0 radical (unpaired) electrons. The van der Waals surface area contributed by atoms with Crippen LogP contribution in [0.4, 0.5) is 11.4 Å². The SMILES string of the molecule is CNC(=O)c1ccc(NC(CO)(CO)CO)c([N+](=O)[O-])c1. The summed E-state index contributed by atoms with van der Waals surface area (Å²) in [6.45, 7) is -1.89. The number of rotatable bonds is 7. The van der Waals surface area contributed by atoms with Crippen LogP contribution < -0.4 is 10.6 Å². The first kappa shape index (κ1) is 16.8. The molecule has 1 amide bonds. The molecule has 0 saturated carbocycles. The maximum Gasteiger partial charge on any atom is 0.293 e. The summed E-state index contributed by atoms with van der Waals surface area (Å²) in [7, 11) is 1.40. The second-order valence-corrected chi connectivity index (χ2v) is 4.45. The van der Waals surface area contributed by atoms with Crippen LogP contribution in [0.2, 0.25) is 0 Å². The first-order valence-electron chi connectivity index (χ1n) is 6.04. The summed E-state index contributed by atoms with van der Waals surface area (Å²) in [6.07, 6.45) is 0. The summed E-state index contributed by atoms with van der Waals surface area (Å²) < 4.78 is 0. The third-order valence-electron chi connectivity index (χ3n) is 2.99. The average Bonchev–Trinajstić information content (AvgIpc) is 2.52. The number of aliphatic hydroxyl groups is 3. The Balaban J connectivity index is 3.24. The van der Waals surface area contributed by atoms with Crippen molar-refractivity contribution in [2.45, 2.75) is 5.54 Å². The Hall–Kier alpha value is -2.23. The normalized spacial score (nSPS) is 11.0. The van der Waals surface area contributed by atoms with Gasteiger partial charge in [0.05, 0.1) is 24.7 Å². The number of nitrogens with one attached hydrogen (secondary N) is 2. The first-order chi connectivity index (χ1) is 9.92. The van der Waals surface area contributed by atoms with Gasteiger partial charge in [-0.05, 0) is 12.1 Å². The van der Waals surface area contributed by atoms with Gasteiger partial charge in [-0.25, -0.2) is 0 Å². The Morgan fingerprint density at radius 3 is 2.29 bits per heavy atom. The van der Waals surface area contributed by atoms with Crippen molar-refractivity contribution in [1.82, 2.24) is 5.32 Å². The van der Waals surface area contributed by atoms with Gasteiger partial charge in [-0.3, -0.25) is 14.9 Å². The zero-order valence-corrected chi connectivity index (χ0v) is 11.4. The van der Waals surface area contributed by atoms with Crippen molar-refractivity contribution in [3.05, 3.63) is 33.9 Å². The Labute approximate surface area is 120 Å². The van der Waals surface area contributed by atoms with Crippen molar-refractivity contribution in [3.8, 4) is 0 Å². The van der Waals surface area contributed by atoms with Crippen molar-refractivity contribution in [2.24, 2.45) is 0 Å². The lowest BCUT2D eigenvalue weighted by Crippen LogP contribution is -2.49. The van der Waals surface area contributed by atoms with E-state index >= 15 is 0 Å². The fraction of sp³-hybridized carbons (Fsp3) is 0.417. The summed E-state index contributed by atoms with van der Waals surface area (Å²) in [4.78, 5) is 21.9. The molecule has 21 heavy (non-hydrogen) atoms. The molecule has 0 unspecified atom stereocenters. The number of amides is 1. The third-order valence-corrected chi connectivity index (χ3v) is 2.99. The molecule has 0 aliphatic heterocycles. The quantitative estimate of drug-likeness (QED) is 0.323. The molecule has 116 valence electrons. The standard InChI is InChI=1S/C12H17N3O6/c1-13-11(19)8-2-3-9(10(4-8)15(20)21)14-12(5-16,6-17)7-18/h2-4,14,16-18H,5-7H2,1H3,(H,13,19). The van der Waals surface area contributed by atoms with Gasteiger partial charge in [-0.15, -0.1) is 0 Å². The highest BCUT2D eigenvalue weighted by Crippen LogP contribution is 2.28. The van der Waals surface area contributed by atoms with E-state index in [-0.39, 0.29) is 11.3 Å². The number of benzene rings is 1. The average molecular weight is 299 g/mol. The van der Waals surface area contributed by atoms with Crippen LogP contribution in [0.15, 0.2) is 18.2 Å². The number of carbonyl (C=O) groups is 1. The fourth-order valence-corrected chi connectivity index (χ4v) is 1.63. The Bertz CT molecular complexity index is 521. The molecule has 5 N–H and O–H groups in total. The van der Waals surface area contributed by atoms with E-state index in [9.17, 15) is 30.2 Å². The number of hydrogen-bond donors (Lipinski definition) is 5. The fourth-order valence-electron chi connectivity index (χ4n) is 1.63. The van der Waals surface area contributed by atoms with E-state index in [1.807, 2.05) is 0 Å². The number of anilines is 1. The van der Waals surface area contributed by atoms with Crippen LogP contribution in [-0.2, 0) is 0 Å². The summed E-state index contributed by atoms with van der Waals surface area (Å²) in [5, 5.41) is 43.7. The van der Waals surface area contributed by atoms with Gasteiger partial charge in [0.2, 0.25) is 0 Å². The van der Waals surface area contributed by atoms with Gasteiger partial charge in [0.15, 0.2) is 0 Å². The molecule has 0 heterocycles. The molecule has 0 saturated heterocycles. The van der Waals surface area contributed by atoms with Gasteiger partial charge < -0.3 is 26.0 Å². The molecule has 1 aromatic carbocycles. The van der Waals surface area contributed by atoms with Gasteiger partial charge in [-0.1, -0.05) is 0 Å². The molecule has 0 atom stereocenters. The van der Waals surface area contributed by atoms with Crippen LogP contribution in [0.3, 0.4) is 0 Å². The van der Waals surface area contributed by atoms with E-state index in [1.54, 1.807) is 0 Å². The second kappa shape index (κ2) is 6.97. The second-order valence-electron chi connectivity index (χ2n) is 4.45. The molecule has 1 rings (SSSR count). The van der Waals surface area contributed by atoms with Crippen LogP contribution in [-0.4, -0.2) is 58.6 Å². The minimum atomic E-state index is -1.50. The van der Waals surface area contributed by atoms with Crippen LogP contribution >= 0.6 is 0 Å². The maximum atomic E-state index is 11.5. The molecule has 1 aromatic rings. The number of carbonyl (C=O) groups excluding carboxylic acids is 1. The lowest BCUT2D eigenvalue weighted by Gasteiger charge is -2.29. The van der Waals surface area contributed by atoms with Crippen molar-refractivity contribution in [1.29, 1.82) is 0 Å². The van der Waals surface area contributed by atoms with Gasteiger partial charge >= 0.3 is 0 Å². The Kier molecular flexibility index (Phi) is 5.59. The molecule has 0 bridgehead atoms. The van der Waals surface area contributed by atoms with E-state index in [0.29, 0.717) is 0 Å². The highest BCUT2D eigenvalue weighted by atomic mass is 16.6. The summed E-state index contributed by atoms with van der Waals surface area (Å²) >= 11 is 0. The number of nitrogens with zero attached hydrogens (tertiary/aromatic N) is 1. The number of hydrogen-bond acceptors (Lipinski definition) is 7. The Morgan fingerprint density at radius 2 is 1.86 bits per heavy atom. The summed E-state index contributed by atoms with van der Waals surface area (Å²) in [5.41, 5.74) is -1.84. The van der Waals surface area contributed by atoms with Crippen LogP contribution in [0.25, 0.3) is 0 Å². The first-order valence-corrected chi connectivity index (χ1v) is 6.04. The molecule has 0 aliphatic rings. The monoisotopic (exact) mass is 299 g/mol. The van der Waals surface area contributed by atoms with Crippen molar-refractivity contribution >= 4 is 17.3 Å². The van der Waals surface area contributed by atoms with Crippen LogP contribution in [0, 0.1) is 10.1 Å². The minimum absolute atomic E-state index is 0.0233. The summed E-state index contributed by atoms with van der Waals surface area (Å²) in [5.74, 6) is -0.484. The predicted molar refractivity (Wildman–Crippen MR) is 74.1 cm³/mol. The summed E-state index contributed by atoms with van der Waals surface area (Å²) in [6, 6.07) is 3.70. The smallest absolute Gasteiger partial charge is 0.293 e. The highest BCUT2D eigenvalue weighted by molar-refractivity contribution is 5.95. The molecule has 0 fully saturated rings. The molecule has 0 spiro atoms. The zero-order chi connectivity index (χ0) is 16.0. The zero-order valence-electron chi connectivity index (χ0n) is 11.4. The lowest BCUT2D eigenvalue weighted by molar-refractivity contribution is -0.384. The van der Waals surface area contributed by atoms with Crippen molar-refractivity contribution < 1.29 is 25.0 Å². The van der Waals surface area contributed by atoms with Crippen molar-refractivity contribution in [2.75, 3.05) is 32.2 Å². The number of aliphatic hydroxyl groups excluding tert-OH is 3. The topological polar surface area (TPSA) is 145 Å². The highest BCUT2D eigenvalue weighted by Gasteiger charge is 2.30. The van der Waals surface area contributed by atoms with E-state index in [1.165, 1.54) is 19.2 Å². The molecule has 0 aromatic heterocycles. The minimum Gasteiger partial charge on any atom is -0.394 e. The molecule has 9 heteroatoms. The van der Waals surface area contributed by atoms with Crippen LogP contribution in [0.1, 0.15) is 10.4 Å². The predicted octanol–water partition coefficient (Wildman–Crippen LogP) is -0.918. The van der Waals surface area contributed by atoms with E-state index < -0.39 is 41.9 Å². The largest absolute Gasteiger partial charge is 0.394 e. The van der Waals surface area contributed by atoms with Crippen LogP contribution in [0.5, 0.6) is 0 Å². The molecule has 0 aliphatic carbocycles. The van der Waals surface area contributed by atoms with Crippen molar-refractivity contribution in [3.63, 3.8) is 0 Å². The van der Waals surface area contributed by atoms with E-state index in [4.69, 9.17) is 0 Å². The maximum absolute atomic E-state index is 11.5. The van der Waals surface area contributed by atoms with Gasteiger partial charge in [-0.2, -0.15) is 0 Å². The molecule has 9 nitrogen and oxygen atoms in total. The molecular formula is C12H17N3O6. The lowest BCUT2D eigenvalue weighted by atomic mass is 10.0. The Morgan fingerprint density at radius 1 is 1.29 bits per heavy atom. The van der Waals surface area contributed by atoms with E-state index in [0.717, 1.165) is 6.07 Å². The van der Waals surface area contributed by atoms with Gasteiger partial charge in [0.25, 0.3) is 11.6 Å². The third kappa shape index (κ3) is 3.66. The number of nitro benzene ring substituents is 1. The van der Waals surface area contributed by atoms with Gasteiger partial charge in [0, 0.05) is 18.7 Å². The van der Waals surface area contributed by atoms with Gasteiger partial charge in [0.1, 0.15) is 11.2 Å². The molecular weight excluding hydrogens is 282 g/mol.